The molecule has 2 atom stereocenters. The van der Waals surface area contributed by atoms with Gasteiger partial charge in [-0.1, -0.05) is 50.6 Å². The topological polar surface area (TPSA) is 3.24 Å². The van der Waals surface area contributed by atoms with E-state index in [-0.39, 0.29) is 0 Å². The van der Waals surface area contributed by atoms with E-state index < -0.39 is 0 Å². The zero-order valence-corrected chi connectivity index (χ0v) is 10.2. The Hall–Kier alpha value is -0.820. The highest BCUT2D eigenvalue weighted by Gasteiger charge is 2.22. The maximum absolute atomic E-state index is 4.14. The summed E-state index contributed by atoms with van der Waals surface area (Å²) < 4.78 is 0. The smallest absolute Gasteiger partial charge is 0.0192 e. The number of rotatable bonds is 5. The summed E-state index contributed by atoms with van der Waals surface area (Å²) in [6, 6.07) is 0.596. The molecule has 0 bridgehead atoms. The molecule has 0 heterocycles. The van der Waals surface area contributed by atoms with Gasteiger partial charge in [-0.15, -0.1) is 0 Å². The molecule has 0 saturated heterocycles. The van der Waals surface area contributed by atoms with Crippen LogP contribution in [-0.4, -0.2) is 25.0 Å². The molecule has 1 rings (SSSR count). The number of allylic oxidation sites excluding steroid dienone is 3. The zero-order valence-electron chi connectivity index (χ0n) is 10.2. The minimum absolute atomic E-state index is 0.497. The van der Waals surface area contributed by atoms with Crippen LogP contribution in [0.1, 0.15) is 26.2 Å². The van der Waals surface area contributed by atoms with E-state index in [0.29, 0.717) is 12.0 Å². The zero-order chi connectivity index (χ0) is 11.3. The maximum atomic E-state index is 4.14. The lowest BCUT2D eigenvalue weighted by Gasteiger charge is -2.32. The summed E-state index contributed by atoms with van der Waals surface area (Å²) in [6.45, 7) is 6.39. The summed E-state index contributed by atoms with van der Waals surface area (Å²) in [6.07, 6.45) is 12.4. The number of hydrogen-bond donors (Lipinski definition) is 0. The van der Waals surface area contributed by atoms with Crippen LogP contribution in [0.4, 0.5) is 0 Å². The van der Waals surface area contributed by atoms with Gasteiger partial charge in [0.1, 0.15) is 0 Å². The molecule has 15 heavy (non-hydrogen) atoms. The fourth-order valence-corrected chi connectivity index (χ4v) is 2.15. The molecule has 0 amide bonds. The lowest BCUT2D eigenvalue weighted by atomic mass is 9.85. The molecule has 0 aromatic carbocycles. The van der Waals surface area contributed by atoms with Gasteiger partial charge in [0, 0.05) is 12.0 Å². The number of nitrogens with zero attached hydrogens (tertiary/aromatic N) is 1. The Morgan fingerprint density at radius 2 is 2.13 bits per heavy atom. The van der Waals surface area contributed by atoms with Gasteiger partial charge in [0.25, 0.3) is 0 Å². The summed E-state index contributed by atoms with van der Waals surface area (Å²) in [4.78, 5) is 2.33. The van der Waals surface area contributed by atoms with Crippen LogP contribution in [0.3, 0.4) is 0 Å². The molecular formula is C14H23N. The summed E-state index contributed by atoms with van der Waals surface area (Å²) in [5.74, 6) is 0.497. The predicted octanol–water partition coefficient (Wildman–Crippen LogP) is 3.41. The van der Waals surface area contributed by atoms with E-state index in [4.69, 9.17) is 0 Å². The van der Waals surface area contributed by atoms with E-state index >= 15 is 0 Å². The molecule has 0 saturated carbocycles. The molecule has 0 aromatic heterocycles. The quantitative estimate of drug-likeness (QED) is 0.665. The molecule has 1 aliphatic rings. The van der Waals surface area contributed by atoms with Crippen molar-refractivity contribution in [2.45, 2.75) is 32.2 Å². The standard InChI is InChI=1S/C14H23N/c1-5-6-11-14(15(3)4)13-10-8-7-9-12(13)2/h7-10,13-14H,2,5-6,11H2,1,3-4H3. The van der Waals surface area contributed by atoms with E-state index in [1.807, 2.05) is 0 Å². The van der Waals surface area contributed by atoms with Gasteiger partial charge in [-0.2, -0.15) is 0 Å². The van der Waals surface area contributed by atoms with Crippen LogP contribution in [0.5, 0.6) is 0 Å². The van der Waals surface area contributed by atoms with E-state index in [1.54, 1.807) is 0 Å². The van der Waals surface area contributed by atoms with Crippen molar-refractivity contribution in [2.24, 2.45) is 5.92 Å². The monoisotopic (exact) mass is 205 g/mol. The highest BCUT2D eigenvalue weighted by molar-refractivity contribution is 5.32. The van der Waals surface area contributed by atoms with Crippen LogP contribution in [0.2, 0.25) is 0 Å². The van der Waals surface area contributed by atoms with Crippen LogP contribution in [0.15, 0.2) is 36.5 Å². The Morgan fingerprint density at radius 1 is 1.40 bits per heavy atom. The molecule has 0 aromatic rings. The molecular weight excluding hydrogens is 182 g/mol. The van der Waals surface area contributed by atoms with Crippen LogP contribution in [-0.2, 0) is 0 Å². The van der Waals surface area contributed by atoms with Crippen molar-refractivity contribution in [2.75, 3.05) is 14.1 Å². The Labute approximate surface area is 94.2 Å². The minimum Gasteiger partial charge on any atom is -0.306 e. The average Bonchev–Trinajstić information content (AvgIpc) is 2.20. The van der Waals surface area contributed by atoms with Gasteiger partial charge in [0.2, 0.25) is 0 Å². The van der Waals surface area contributed by atoms with Crippen molar-refractivity contribution in [1.29, 1.82) is 0 Å². The highest BCUT2D eigenvalue weighted by Crippen LogP contribution is 2.26. The molecule has 0 fully saturated rings. The van der Waals surface area contributed by atoms with Crippen molar-refractivity contribution in [1.82, 2.24) is 4.90 Å². The second-order valence-corrected chi connectivity index (χ2v) is 4.52. The summed E-state index contributed by atoms with van der Waals surface area (Å²) in [5.41, 5.74) is 1.24. The first kappa shape index (κ1) is 12.3. The molecule has 1 aliphatic carbocycles. The molecule has 0 aliphatic heterocycles. The SMILES string of the molecule is C=C1C=CC=CC1C(CCCC)N(C)C. The second kappa shape index (κ2) is 5.92. The normalized spacial score (nSPS) is 22.4. The largest absolute Gasteiger partial charge is 0.306 e. The molecule has 0 spiro atoms. The summed E-state index contributed by atoms with van der Waals surface area (Å²) in [5, 5.41) is 0. The van der Waals surface area contributed by atoms with Gasteiger partial charge < -0.3 is 4.90 Å². The lowest BCUT2D eigenvalue weighted by molar-refractivity contribution is 0.238. The molecule has 1 nitrogen and oxygen atoms in total. The minimum atomic E-state index is 0.497. The van der Waals surface area contributed by atoms with Gasteiger partial charge >= 0.3 is 0 Å². The number of hydrogen-bond acceptors (Lipinski definition) is 1. The Bertz CT molecular complexity index is 261. The summed E-state index contributed by atoms with van der Waals surface area (Å²) in [7, 11) is 4.33. The fourth-order valence-electron chi connectivity index (χ4n) is 2.15. The van der Waals surface area contributed by atoms with Gasteiger partial charge in [-0.25, -0.2) is 0 Å². The van der Waals surface area contributed by atoms with E-state index in [9.17, 15) is 0 Å². The van der Waals surface area contributed by atoms with Crippen molar-refractivity contribution < 1.29 is 0 Å². The third-order valence-electron chi connectivity index (χ3n) is 3.10. The first-order valence-electron chi connectivity index (χ1n) is 5.87. The highest BCUT2D eigenvalue weighted by atomic mass is 15.1. The third kappa shape index (κ3) is 3.35. The van der Waals surface area contributed by atoms with Gasteiger partial charge in [-0.3, -0.25) is 0 Å². The van der Waals surface area contributed by atoms with Gasteiger partial charge in [-0.05, 0) is 26.1 Å². The van der Waals surface area contributed by atoms with Crippen LogP contribution >= 0.6 is 0 Å². The summed E-state index contributed by atoms with van der Waals surface area (Å²) >= 11 is 0. The van der Waals surface area contributed by atoms with Crippen LogP contribution in [0.25, 0.3) is 0 Å². The van der Waals surface area contributed by atoms with Gasteiger partial charge in [0.05, 0.1) is 0 Å². The average molecular weight is 205 g/mol. The first-order chi connectivity index (χ1) is 7.16. The molecule has 84 valence electrons. The molecule has 0 radical (unpaired) electrons. The fraction of sp³-hybridized carbons (Fsp3) is 0.571. The molecule has 2 unspecified atom stereocenters. The van der Waals surface area contributed by atoms with E-state index in [0.717, 1.165) is 0 Å². The first-order valence-corrected chi connectivity index (χ1v) is 5.87. The Kier molecular flexibility index (Phi) is 4.83. The maximum Gasteiger partial charge on any atom is 0.0192 e. The second-order valence-electron chi connectivity index (χ2n) is 4.52. The lowest BCUT2D eigenvalue weighted by Crippen LogP contribution is -2.35. The Balaban J connectivity index is 2.66. The Morgan fingerprint density at radius 3 is 2.67 bits per heavy atom. The third-order valence-corrected chi connectivity index (χ3v) is 3.10. The molecule has 0 N–H and O–H groups in total. The van der Waals surface area contributed by atoms with Crippen LogP contribution < -0.4 is 0 Å². The molecule has 1 heteroatoms. The van der Waals surface area contributed by atoms with Crippen molar-refractivity contribution in [3.8, 4) is 0 Å². The number of unbranched alkanes of at least 4 members (excludes halogenated alkanes) is 1. The van der Waals surface area contributed by atoms with Crippen molar-refractivity contribution >= 4 is 0 Å². The van der Waals surface area contributed by atoms with Crippen LogP contribution in [0, 0.1) is 5.92 Å². The van der Waals surface area contributed by atoms with Gasteiger partial charge in [0.15, 0.2) is 0 Å². The van der Waals surface area contributed by atoms with Crippen molar-refractivity contribution in [3.63, 3.8) is 0 Å². The predicted molar refractivity (Wildman–Crippen MR) is 67.9 cm³/mol. The van der Waals surface area contributed by atoms with E-state index in [1.165, 1.54) is 24.8 Å². The van der Waals surface area contributed by atoms with E-state index in [2.05, 4.69) is 56.8 Å². The van der Waals surface area contributed by atoms with Crippen molar-refractivity contribution in [3.05, 3.63) is 36.5 Å².